The van der Waals surface area contributed by atoms with Gasteiger partial charge in [-0.15, -0.1) is 13.2 Å². The zero-order chi connectivity index (χ0) is 20.3. The fraction of sp³-hybridized carbons (Fsp3) is 0.412. The number of nitro groups is 1. The minimum absolute atomic E-state index is 0.0303. The first-order valence-corrected chi connectivity index (χ1v) is 8.63. The predicted molar refractivity (Wildman–Crippen MR) is 95.8 cm³/mol. The Morgan fingerprint density at radius 1 is 1.25 bits per heavy atom. The molecule has 0 aliphatic carbocycles. The van der Waals surface area contributed by atoms with Crippen molar-refractivity contribution in [2.75, 3.05) is 16.8 Å². The number of aromatic nitrogens is 2. The Kier molecular flexibility index (Phi) is 5.52. The quantitative estimate of drug-likeness (QED) is 0.590. The Morgan fingerprint density at radius 2 is 1.96 bits per heavy atom. The van der Waals surface area contributed by atoms with E-state index in [-0.39, 0.29) is 23.4 Å². The van der Waals surface area contributed by atoms with Gasteiger partial charge in [0.2, 0.25) is 11.6 Å². The molecule has 1 unspecified atom stereocenters. The molecule has 150 valence electrons. The van der Waals surface area contributed by atoms with Crippen molar-refractivity contribution in [1.82, 2.24) is 9.97 Å². The summed E-state index contributed by atoms with van der Waals surface area (Å²) in [5, 5.41) is 14.5. The van der Waals surface area contributed by atoms with Gasteiger partial charge in [0.05, 0.1) is 4.92 Å². The maximum atomic E-state index is 12.2. The standard InChI is InChI=1S/C17H18F3N5O3/c1-11-4-2-3-9-24(11)16-14(25(26)27)15(21-10-22-16)23-12-5-7-13(8-6-12)28-17(18,19)20/h5-8,10-11H,2-4,9H2,1H3,(H,21,22,23). The van der Waals surface area contributed by atoms with Gasteiger partial charge in [-0.25, -0.2) is 9.97 Å². The van der Waals surface area contributed by atoms with Gasteiger partial charge in [0.25, 0.3) is 0 Å². The van der Waals surface area contributed by atoms with Crippen LogP contribution in [0.25, 0.3) is 0 Å². The molecule has 1 fully saturated rings. The zero-order valence-corrected chi connectivity index (χ0v) is 14.9. The van der Waals surface area contributed by atoms with Gasteiger partial charge in [0, 0.05) is 18.3 Å². The van der Waals surface area contributed by atoms with Crippen LogP contribution in [0.5, 0.6) is 5.75 Å². The Labute approximate surface area is 158 Å². The Balaban J connectivity index is 1.88. The number of rotatable bonds is 5. The van der Waals surface area contributed by atoms with Crippen LogP contribution in [0.2, 0.25) is 0 Å². The second-order valence-electron chi connectivity index (χ2n) is 6.39. The number of ether oxygens (including phenoxy) is 1. The van der Waals surface area contributed by atoms with E-state index in [1.807, 2.05) is 11.8 Å². The Hall–Kier alpha value is -3.11. The van der Waals surface area contributed by atoms with Crippen LogP contribution in [0.4, 0.5) is 36.2 Å². The molecule has 28 heavy (non-hydrogen) atoms. The van der Waals surface area contributed by atoms with Gasteiger partial charge in [-0.3, -0.25) is 10.1 Å². The zero-order valence-electron chi connectivity index (χ0n) is 14.9. The van der Waals surface area contributed by atoms with E-state index in [9.17, 15) is 23.3 Å². The predicted octanol–water partition coefficient (Wildman–Crippen LogP) is 4.41. The average Bonchev–Trinajstić information content (AvgIpc) is 2.62. The maximum absolute atomic E-state index is 12.2. The summed E-state index contributed by atoms with van der Waals surface area (Å²) in [5.41, 5.74) is 0.0563. The number of halogens is 3. The van der Waals surface area contributed by atoms with Crippen LogP contribution >= 0.6 is 0 Å². The highest BCUT2D eigenvalue weighted by Gasteiger charge is 2.32. The molecule has 1 atom stereocenters. The number of nitrogens with zero attached hydrogens (tertiary/aromatic N) is 4. The second kappa shape index (κ2) is 7.87. The van der Waals surface area contributed by atoms with Crippen LogP contribution in [-0.2, 0) is 0 Å². The van der Waals surface area contributed by atoms with Crippen LogP contribution in [0, 0.1) is 10.1 Å². The second-order valence-corrected chi connectivity index (χ2v) is 6.39. The van der Waals surface area contributed by atoms with Gasteiger partial charge in [0.15, 0.2) is 0 Å². The van der Waals surface area contributed by atoms with Crippen molar-refractivity contribution >= 4 is 23.0 Å². The molecule has 0 amide bonds. The lowest BCUT2D eigenvalue weighted by molar-refractivity contribution is -0.383. The third-order valence-corrected chi connectivity index (χ3v) is 4.41. The van der Waals surface area contributed by atoms with Crippen molar-refractivity contribution in [2.24, 2.45) is 0 Å². The number of benzene rings is 1. The maximum Gasteiger partial charge on any atom is 0.573 e. The summed E-state index contributed by atoms with van der Waals surface area (Å²) in [5.74, 6) is -0.193. The summed E-state index contributed by atoms with van der Waals surface area (Å²) >= 11 is 0. The van der Waals surface area contributed by atoms with E-state index in [4.69, 9.17) is 0 Å². The topological polar surface area (TPSA) is 93.4 Å². The lowest BCUT2D eigenvalue weighted by atomic mass is 10.0. The number of anilines is 3. The molecular weight excluding hydrogens is 379 g/mol. The SMILES string of the molecule is CC1CCCCN1c1ncnc(Nc2ccc(OC(F)(F)F)cc2)c1[N+](=O)[O-]. The molecule has 1 aliphatic rings. The van der Waals surface area contributed by atoms with Crippen molar-refractivity contribution in [3.05, 3.63) is 40.7 Å². The van der Waals surface area contributed by atoms with E-state index in [1.165, 1.54) is 18.5 Å². The van der Waals surface area contributed by atoms with Crippen LogP contribution in [0.3, 0.4) is 0 Å². The van der Waals surface area contributed by atoms with Gasteiger partial charge < -0.3 is 15.0 Å². The molecule has 1 aromatic heterocycles. The Morgan fingerprint density at radius 3 is 2.57 bits per heavy atom. The normalized spacial score (nSPS) is 17.3. The first-order valence-electron chi connectivity index (χ1n) is 8.63. The first-order chi connectivity index (χ1) is 13.2. The van der Waals surface area contributed by atoms with Crippen molar-refractivity contribution in [1.29, 1.82) is 0 Å². The highest BCUT2D eigenvalue weighted by Crippen LogP contribution is 2.36. The number of piperidine rings is 1. The Bertz CT molecular complexity index is 845. The van der Waals surface area contributed by atoms with Gasteiger partial charge in [-0.2, -0.15) is 0 Å². The molecule has 8 nitrogen and oxygen atoms in total. The minimum Gasteiger partial charge on any atom is -0.406 e. The molecule has 3 rings (SSSR count). The van der Waals surface area contributed by atoms with Gasteiger partial charge >= 0.3 is 12.0 Å². The number of hydrogen-bond acceptors (Lipinski definition) is 7. The molecule has 1 aromatic carbocycles. The van der Waals surface area contributed by atoms with Crippen LogP contribution in [0.1, 0.15) is 26.2 Å². The number of alkyl halides is 3. The van der Waals surface area contributed by atoms with Crippen LogP contribution in [-0.4, -0.2) is 33.8 Å². The average molecular weight is 397 g/mol. The first kappa shape index (κ1) is 19.6. The molecular formula is C17H18F3N5O3. The van der Waals surface area contributed by atoms with Gasteiger partial charge in [0.1, 0.15) is 12.1 Å². The number of nitrogens with one attached hydrogen (secondary N) is 1. The molecule has 2 heterocycles. The van der Waals surface area contributed by atoms with Gasteiger partial charge in [-0.1, -0.05) is 0 Å². The molecule has 0 bridgehead atoms. The molecule has 2 aromatic rings. The smallest absolute Gasteiger partial charge is 0.406 e. The lowest BCUT2D eigenvalue weighted by Crippen LogP contribution is -2.38. The molecule has 1 N–H and O–H groups in total. The summed E-state index contributed by atoms with van der Waals surface area (Å²) in [4.78, 5) is 21.1. The van der Waals surface area contributed by atoms with Crippen LogP contribution < -0.4 is 15.0 Å². The number of hydrogen-bond donors (Lipinski definition) is 1. The third kappa shape index (κ3) is 4.59. The van der Waals surface area contributed by atoms with Crippen molar-refractivity contribution < 1.29 is 22.8 Å². The fourth-order valence-electron chi connectivity index (χ4n) is 3.13. The molecule has 0 spiro atoms. The van der Waals surface area contributed by atoms with E-state index < -0.39 is 17.0 Å². The summed E-state index contributed by atoms with van der Waals surface area (Å²) in [6, 6.07) is 4.95. The van der Waals surface area contributed by atoms with Crippen molar-refractivity contribution in [2.45, 2.75) is 38.6 Å². The van der Waals surface area contributed by atoms with Crippen molar-refractivity contribution in [3.8, 4) is 5.75 Å². The highest BCUT2D eigenvalue weighted by molar-refractivity contribution is 5.74. The molecule has 0 saturated carbocycles. The van der Waals surface area contributed by atoms with E-state index in [0.29, 0.717) is 12.2 Å². The molecule has 11 heteroatoms. The minimum atomic E-state index is -4.79. The summed E-state index contributed by atoms with van der Waals surface area (Å²) in [6.07, 6.45) is -0.693. The van der Waals surface area contributed by atoms with E-state index >= 15 is 0 Å². The van der Waals surface area contributed by atoms with E-state index in [2.05, 4.69) is 20.0 Å². The molecule has 1 saturated heterocycles. The van der Waals surface area contributed by atoms with Crippen LogP contribution in [0.15, 0.2) is 30.6 Å². The fourth-order valence-corrected chi connectivity index (χ4v) is 3.13. The summed E-state index contributed by atoms with van der Waals surface area (Å²) < 4.78 is 40.6. The largest absolute Gasteiger partial charge is 0.573 e. The van der Waals surface area contributed by atoms with E-state index in [0.717, 1.165) is 31.4 Å². The third-order valence-electron chi connectivity index (χ3n) is 4.41. The molecule has 0 radical (unpaired) electrons. The lowest BCUT2D eigenvalue weighted by Gasteiger charge is -2.33. The highest BCUT2D eigenvalue weighted by atomic mass is 19.4. The van der Waals surface area contributed by atoms with E-state index in [1.54, 1.807) is 0 Å². The molecule has 1 aliphatic heterocycles. The van der Waals surface area contributed by atoms with Crippen molar-refractivity contribution in [3.63, 3.8) is 0 Å². The summed E-state index contributed by atoms with van der Waals surface area (Å²) in [6.45, 7) is 2.64. The monoisotopic (exact) mass is 397 g/mol. The summed E-state index contributed by atoms with van der Waals surface area (Å²) in [7, 11) is 0. The van der Waals surface area contributed by atoms with Gasteiger partial charge in [-0.05, 0) is 50.5 Å².